The van der Waals surface area contributed by atoms with Crippen molar-refractivity contribution in [1.82, 2.24) is 4.90 Å². The van der Waals surface area contributed by atoms with E-state index in [2.05, 4.69) is 6.07 Å². The number of Topliss-reactive ketones (excluding diaryl/α,β-unsaturated/α-hetero) is 1. The summed E-state index contributed by atoms with van der Waals surface area (Å²) in [5, 5.41) is 17.3. The minimum Gasteiger partial charge on any atom is -0.493 e. The van der Waals surface area contributed by atoms with Gasteiger partial charge in [-0.2, -0.15) is 5.26 Å². The zero-order chi connectivity index (χ0) is 26.5. The number of nitriles is 1. The van der Waals surface area contributed by atoms with Crippen LogP contribution in [0.3, 0.4) is 0 Å². The van der Waals surface area contributed by atoms with E-state index in [-0.39, 0.29) is 65.0 Å². The van der Waals surface area contributed by atoms with Gasteiger partial charge in [-0.05, 0) is 55.5 Å². The third-order valence-electron chi connectivity index (χ3n) is 5.91. The van der Waals surface area contributed by atoms with Crippen LogP contribution in [0.25, 0.3) is 0 Å². The zero-order valence-electron chi connectivity index (χ0n) is 22.1. The van der Waals surface area contributed by atoms with Crippen molar-refractivity contribution in [3.63, 3.8) is 0 Å². The summed E-state index contributed by atoms with van der Waals surface area (Å²) in [6.07, 6.45) is 1.05. The Morgan fingerprint density at radius 1 is 1.14 bits per heavy atom. The average Bonchev–Trinajstić information content (AvgIpc) is 3.13. The fourth-order valence-corrected chi connectivity index (χ4v) is 4.17. The largest absolute Gasteiger partial charge is 0.493 e. The van der Waals surface area contributed by atoms with Gasteiger partial charge >= 0.3 is 0 Å². The number of nitrogens with zero attached hydrogens (tertiary/aromatic N) is 2. The smallest absolute Gasteiger partial charge is 0.197 e. The fourth-order valence-electron chi connectivity index (χ4n) is 4.17. The van der Waals surface area contributed by atoms with Gasteiger partial charge in [0.25, 0.3) is 0 Å². The maximum absolute atomic E-state index is 15.3. The number of benzene rings is 2. The predicted molar refractivity (Wildman–Crippen MR) is 146 cm³/mol. The van der Waals surface area contributed by atoms with Crippen LogP contribution >= 0.6 is 17.0 Å². The molecule has 0 radical (unpaired) electrons. The molecule has 9 heteroatoms. The van der Waals surface area contributed by atoms with Gasteiger partial charge in [0.15, 0.2) is 23.1 Å². The van der Waals surface area contributed by atoms with Crippen molar-refractivity contribution in [3.05, 3.63) is 52.3 Å². The van der Waals surface area contributed by atoms with E-state index in [1.807, 2.05) is 33.8 Å². The second kappa shape index (κ2) is 12.9. The average molecular weight is 577 g/mol. The molecule has 0 atom stereocenters. The molecule has 37 heavy (non-hydrogen) atoms. The third kappa shape index (κ3) is 6.80. The van der Waals surface area contributed by atoms with Crippen molar-refractivity contribution in [2.24, 2.45) is 0 Å². The number of carbonyl (C=O) groups is 1. The summed E-state index contributed by atoms with van der Waals surface area (Å²) in [7, 11) is 0. The second-order valence-electron chi connectivity index (χ2n) is 9.62. The molecule has 1 aliphatic heterocycles. The molecule has 200 valence electrons. The predicted octanol–water partition coefficient (Wildman–Crippen LogP) is 6.20. The van der Waals surface area contributed by atoms with Crippen LogP contribution in [0, 0.1) is 22.6 Å². The minimum atomic E-state index is -0.634. The van der Waals surface area contributed by atoms with Gasteiger partial charge in [0, 0.05) is 24.1 Å². The minimum absolute atomic E-state index is 0. The van der Waals surface area contributed by atoms with E-state index in [0.29, 0.717) is 48.7 Å². The Hall–Kier alpha value is -3.12. The Morgan fingerprint density at radius 3 is 2.46 bits per heavy atom. The molecule has 0 bridgehead atoms. The van der Waals surface area contributed by atoms with Crippen LogP contribution in [0.5, 0.6) is 17.2 Å². The number of rotatable bonds is 11. The summed E-state index contributed by atoms with van der Waals surface area (Å²) in [5.41, 5.74) is 1.85. The Bertz CT molecular complexity index is 1190. The fraction of sp³-hybridized carbons (Fsp3) is 0.464. The van der Waals surface area contributed by atoms with Crippen molar-refractivity contribution in [2.45, 2.75) is 59.4 Å². The number of ether oxygens (including phenoxy) is 3. The van der Waals surface area contributed by atoms with Gasteiger partial charge < -0.3 is 19.1 Å². The maximum atomic E-state index is 15.3. The molecule has 1 heterocycles. The number of hydrogen-bond acceptors (Lipinski definition) is 6. The van der Waals surface area contributed by atoms with Crippen LogP contribution in [0.1, 0.15) is 74.5 Å². The van der Waals surface area contributed by atoms with Gasteiger partial charge in [-0.15, -0.1) is 17.0 Å². The first-order valence-corrected chi connectivity index (χ1v) is 12.2. The van der Waals surface area contributed by atoms with Crippen LogP contribution in [0.4, 0.5) is 4.39 Å². The van der Waals surface area contributed by atoms with E-state index < -0.39 is 5.82 Å². The van der Waals surface area contributed by atoms with Crippen LogP contribution < -0.4 is 14.2 Å². The normalized spacial score (nSPS) is 12.5. The summed E-state index contributed by atoms with van der Waals surface area (Å²) >= 11 is 0. The van der Waals surface area contributed by atoms with E-state index in [4.69, 9.17) is 24.9 Å². The number of fused-ring (bicyclic) bond motifs is 1. The highest BCUT2D eigenvalue weighted by atomic mass is 79.9. The molecule has 0 aliphatic carbocycles. The van der Waals surface area contributed by atoms with E-state index in [9.17, 15) is 4.79 Å². The topological polar surface area (TPSA) is 95.6 Å². The molecular formula is C28H35BrFN3O4. The number of hydrogen-bond donors (Lipinski definition) is 1. The summed E-state index contributed by atoms with van der Waals surface area (Å²) in [4.78, 5) is 14.8. The molecule has 7 nitrogen and oxygen atoms in total. The van der Waals surface area contributed by atoms with Gasteiger partial charge in [0.2, 0.25) is 0 Å². The Balaban J connectivity index is 0.00000481. The lowest BCUT2D eigenvalue weighted by Gasteiger charge is -2.24. The van der Waals surface area contributed by atoms with Crippen LogP contribution in [-0.4, -0.2) is 42.9 Å². The molecule has 2 aromatic rings. The van der Waals surface area contributed by atoms with E-state index in [1.165, 1.54) is 0 Å². The molecule has 1 aliphatic rings. The first-order chi connectivity index (χ1) is 17.1. The van der Waals surface area contributed by atoms with E-state index in [1.54, 1.807) is 30.0 Å². The van der Waals surface area contributed by atoms with Crippen LogP contribution in [0.15, 0.2) is 24.3 Å². The van der Waals surface area contributed by atoms with E-state index >= 15 is 4.39 Å². The SMILES string of the molecule is Br.CCOc1cc2c(c(F)c1OCC)C(=N)N(CC(=O)c1ccc(OCCCC#N)c(C(C)(C)C)c1)C2. The molecule has 0 spiro atoms. The molecule has 0 unspecified atom stereocenters. The lowest BCUT2D eigenvalue weighted by Crippen LogP contribution is -2.30. The number of halogens is 2. The monoisotopic (exact) mass is 575 g/mol. The van der Waals surface area contributed by atoms with Gasteiger partial charge in [-0.1, -0.05) is 20.8 Å². The number of carbonyl (C=O) groups excluding carboxylic acids is 1. The molecule has 0 saturated carbocycles. The van der Waals surface area contributed by atoms with Crippen molar-refractivity contribution >= 4 is 28.6 Å². The number of unbranched alkanes of at least 4 members (excludes halogenated alkanes) is 1. The Morgan fingerprint density at radius 2 is 1.84 bits per heavy atom. The van der Waals surface area contributed by atoms with Crippen molar-refractivity contribution in [1.29, 1.82) is 10.7 Å². The molecule has 0 saturated heterocycles. The van der Waals surface area contributed by atoms with Crippen molar-refractivity contribution < 1.29 is 23.4 Å². The quantitative estimate of drug-likeness (QED) is 0.253. The van der Waals surface area contributed by atoms with Crippen molar-refractivity contribution in [2.75, 3.05) is 26.4 Å². The van der Waals surface area contributed by atoms with Gasteiger partial charge in [0.1, 0.15) is 11.6 Å². The van der Waals surface area contributed by atoms with Crippen molar-refractivity contribution in [3.8, 4) is 23.3 Å². The summed E-state index contributed by atoms with van der Waals surface area (Å²) < 4.78 is 32.2. The lowest BCUT2D eigenvalue weighted by molar-refractivity contribution is 0.0962. The molecule has 1 N–H and O–H groups in total. The second-order valence-corrected chi connectivity index (χ2v) is 9.62. The highest BCUT2D eigenvalue weighted by Gasteiger charge is 2.33. The summed E-state index contributed by atoms with van der Waals surface area (Å²) in [6, 6.07) is 9.13. The van der Waals surface area contributed by atoms with Crippen LogP contribution in [-0.2, 0) is 12.0 Å². The molecule has 3 rings (SSSR count). The highest BCUT2D eigenvalue weighted by molar-refractivity contribution is 8.93. The maximum Gasteiger partial charge on any atom is 0.197 e. The van der Waals surface area contributed by atoms with Gasteiger partial charge in [-0.25, -0.2) is 4.39 Å². The standard InChI is InChI=1S/C28H34FN3O4.BrH/c1-6-34-23-15-19-16-32(27(31)24(19)25(29)26(23)35-7-2)17-21(33)18-10-11-22(36-13-9-8-12-30)20(14-18)28(3,4)5;/h10-11,14-15,31H,6-9,13,16-17H2,1-5H3;1H. The molecule has 2 aromatic carbocycles. The lowest BCUT2D eigenvalue weighted by atomic mass is 9.85. The molecule has 0 fully saturated rings. The zero-order valence-corrected chi connectivity index (χ0v) is 23.8. The summed E-state index contributed by atoms with van der Waals surface area (Å²) in [5.74, 6) is 0.129. The highest BCUT2D eigenvalue weighted by Crippen LogP contribution is 2.39. The van der Waals surface area contributed by atoms with E-state index in [0.717, 1.165) is 5.56 Å². The molecule has 0 amide bonds. The Kier molecular flexibility index (Phi) is 10.5. The van der Waals surface area contributed by atoms with Crippen LogP contribution in [0.2, 0.25) is 0 Å². The van der Waals surface area contributed by atoms with Gasteiger partial charge in [-0.3, -0.25) is 10.2 Å². The molecular weight excluding hydrogens is 541 g/mol. The number of amidine groups is 1. The third-order valence-corrected chi connectivity index (χ3v) is 5.91. The Labute approximate surface area is 228 Å². The van der Waals surface area contributed by atoms with Gasteiger partial charge in [0.05, 0.1) is 38.0 Å². The number of nitrogens with one attached hydrogen (secondary N) is 1. The number of ketones is 1. The summed E-state index contributed by atoms with van der Waals surface area (Å²) in [6.45, 7) is 10.9. The first-order valence-electron chi connectivity index (χ1n) is 12.2. The molecule has 0 aromatic heterocycles. The first kappa shape index (κ1) is 30.1.